The summed E-state index contributed by atoms with van der Waals surface area (Å²) in [6.07, 6.45) is 5.64. The van der Waals surface area contributed by atoms with Crippen molar-refractivity contribution in [3.8, 4) is 0 Å². The highest BCUT2D eigenvalue weighted by molar-refractivity contribution is 7.15. The van der Waals surface area contributed by atoms with Crippen LogP contribution in [0.3, 0.4) is 0 Å². The first-order valence-corrected chi connectivity index (χ1v) is 8.49. The number of benzene rings is 1. The van der Waals surface area contributed by atoms with Crippen LogP contribution in [0.2, 0.25) is 0 Å². The number of carbonyl (C=O) groups is 1. The topological polar surface area (TPSA) is 82.7 Å². The van der Waals surface area contributed by atoms with Crippen LogP contribution in [0.5, 0.6) is 0 Å². The van der Waals surface area contributed by atoms with Crippen molar-refractivity contribution in [1.29, 1.82) is 0 Å². The zero-order valence-corrected chi connectivity index (χ0v) is 13.5. The molecule has 0 bridgehead atoms. The maximum Gasteiger partial charge on any atom is 0.325 e. The highest BCUT2D eigenvalue weighted by Crippen LogP contribution is 2.39. The van der Waals surface area contributed by atoms with Gasteiger partial charge in [0.25, 0.3) is 0 Å². The second-order valence-corrected chi connectivity index (χ2v) is 6.89. The molecular weight excluding hydrogens is 310 g/mol. The van der Waals surface area contributed by atoms with E-state index in [1.165, 1.54) is 24.1 Å². The van der Waals surface area contributed by atoms with Gasteiger partial charge >= 0.3 is 6.03 Å². The van der Waals surface area contributed by atoms with Crippen LogP contribution in [0.15, 0.2) is 24.4 Å². The number of fused-ring (bicyclic) bond motifs is 1. The minimum absolute atomic E-state index is 0.282. The number of rotatable bonds is 3. The molecule has 1 fully saturated rings. The normalized spacial score (nSPS) is 14.7. The van der Waals surface area contributed by atoms with E-state index in [1.54, 1.807) is 11.3 Å². The van der Waals surface area contributed by atoms with Crippen LogP contribution in [0, 0.1) is 6.92 Å². The molecule has 2 heterocycles. The Labute approximate surface area is 137 Å². The van der Waals surface area contributed by atoms with Crippen molar-refractivity contribution in [1.82, 2.24) is 15.0 Å². The van der Waals surface area contributed by atoms with Gasteiger partial charge < -0.3 is 10.3 Å². The van der Waals surface area contributed by atoms with Gasteiger partial charge in [0, 0.05) is 16.8 Å². The van der Waals surface area contributed by atoms with Gasteiger partial charge in [-0.25, -0.2) is 14.8 Å². The Morgan fingerprint density at radius 2 is 2.22 bits per heavy atom. The number of amides is 2. The van der Waals surface area contributed by atoms with Gasteiger partial charge in [0.05, 0.1) is 11.0 Å². The second kappa shape index (κ2) is 5.66. The molecule has 2 amide bonds. The summed E-state index contributed by atoms with van der Waals surface area (Å²) < 4.78 is 0. The molecule has 0 radical (unpaired) electrons. The number of aromatic nitrogens is 3. The molecule has 1 saturated carbocycles. The van der Waals surface area contributed by atoms with Gasteiger partial charge in [-0.15, -0.1) is 11.3 Å². The summed E-state index contributed by atoms with van der Waals surface area (Å²) >= 11 is 1.56. The Balaban J connectivity index is 1.42. The molecule has 0 unspecified atom stereocenters. The number of urea groups is 1. The van der Waals surface area contributed by atoms with E-state index in [0.717, 1.165) is 22.5 Å². The third-order valence-corrected chi connectivity index (χ3v) is 5.18. The first-order valence-electron chi connectivity index (χ1n) is 7.67. The molecule has 0 aliphatic heterocycles. The number of carbonyl (C=O) groups excluding carboxylic acids is 1. The molecule has 1 aliphatic rings. The third-order valence-electron chi connectivity index (χ3n) is 4.11. The molecule has 0 saturated heterocycles. The van der Waals surface area contributed by atoms with Gasteiger partial charge in [0.2, 0.25) is 0 Å². The van der Waals surface area contributed by atoms with Gasteiger partial charge in [0.1, 0.15) is 5.82 Å². The second-order valence-electron chi connectivity index (χ2n) is 5.83. The average Bonchev–Trinajstić information content (AvgIpc) is 3.02. The van der Waals surface area contributed by atoms with E-state index in [0.29, 0.717) is 11.0 Å². The number of hydrogen-bond acceptors (Lipinski definition) is 4. The Hall–Kier alpha value is -2.41. The first kappa shape index (κ1) is 14.2. The van der Waals surface area contributed by atoms with Crippen molar-refractivity contribution >= 4 is 39.2 Å². The van der Waals surface area contributed by atoms with E-state index < -0.39 is 0 Å². The Morgan fingerprint density at radius 3 is 3.00 bits per heavy atom. The van der Waals surface area contributed by atoms with Crippen molar-refractivity contribution in [2.75, 3.05) is 10.6 Å². The quantitative estimate of drug-likeness (QED) is 0.673. The highest BCUT2D eigenvalue weighted by Gasteiger charge is 2.22. The fourth-order valence-electron chi connectivity index (χ4n) is 2.70. The van der Waals surface area contributed by atoms with E-state index in [4.69, 9.17) is 0 Å². The van der Waals surface area contributed by atoms with Gasteiger partial charge in [-0.05, 0) is 43.9 Å². The zero-order valence-electron chi connectivity index (χ0n) is 12.7. The van der Waals surface area contributed by atoms with Gasteiger partial charge in [-0.2, -0.15) is 0 Å². The number of imidazole rings is 1. The molecular formula is C16H17N5OS. The summed E-state index contributed by atoms with van der Waals surface area (Å²) in [6.45, 7) is 1.90. The van der Waals surface area contributed by atoms with E-state index >= 15 is 0 Å². The van der Waals surface area contributed by atoms with Crippen LogP contribution in [0.25, 0.3) is 11.0 Å². The smallest absolute Gasteiger partial charge is 0.325 e. The van der Waals surface area contributed by atoms with Crippen LogP contribution in [-0.4, -0.2) is 21.0 Å². The molecule has 23 heavy (non-hydrogen) atoms. The fourth-order valence-corrected chi connectivity index (χ4v) is 3.68. The largest absolute Gasteiger partial charge is 0.342 e. The van der Waals surface area contributed by atoms with Crippen molar-refractivity contribution in [2.24, 2.45) is 0 Å². The molecule has 1 aliphatic carbocycles. The zero-order chi connectivity index (χ0) is 15.8. The summed E-state index contributed by atoms with van der Waals surface area (Å²) in [5.74, 6) is 1.49. The summed E-state index contributed by atoms with van der Waals surface area (Å²) in [5, 5.41) is 6.27. The van der Waals surface area contributed by atoms with Gasteiger partial charge in [-0.1, -0.05) is 6.42 Å². The molecule has 0 spiro atoms. The van der Waals surface area contributed by atoms with Gasteiger partial charge in [0.15, 0.2) is 5.13 Å². The first-order chi connectivity index (χ1) is 11.2. The number of aromatic amines is 1. The molecule has 0 atom stereocenters. The number of nitrogens with zero attached hydrogens (tertiary/aromatic N) is 2. The predicted octanol–water partition coefficient (Wildman–Crippen LogP) is 4.24. The summed E-state index contributed by atoms with van der Waals surface area (Å²) in [4.78, 5) is 25.2. The number of thiazole rings is 1. The van der Waals surface area contributed by atoms with E-state index in [1.807, 2.05) is 31.3 Å². The standard InChI is InChI=1S/C16H17N5OS/c1-9-18-12-6-5-11(7-13(12)19-9)20-15(22)21-16-17-8-14(23-16)10-3-2-4-10/h5-8,10H,2-4H2,1H3,(H,18,19)(H2,17,20,21,22). The Kier molecular flexibility index (Phi) is 3.49. The van der Waals surface area contributed by atoms with Crippen molar-refractivity contribution in [2.45, 2.75) is 32.1 Å². The lowest BCUT2D eigenvalue weighted by Gasteiger charge is -2.23. The monoisotopic (exact) mass is 327 g/mol. The average molecular weight is 327 g/mol. The Bertz CT molecular complexity index is 864. The molecule has 7 heteroatoms. The minimum atomic E-state index is -0.282. The molecule has 4 rings (SSSR count). The number of hydrogen-bond donors (Lipinski definition) is 3. The van der Waals surface area contributed by atoms with E-state index in [-0.39, 0.29) is 6.03 Å². The molecule has 1 aromatic carbocycles. The van der Waals surface area contributed by atoms with Crippen molar-refractivity contribution in [3.05, 3.63) is 35.1 Å². The van der Waals surface area contributed by atoms with Crippen LogP contribution >= 0.6 is 11.3 Å². The van der Waals surface area contributed by atoms with Crippen molar-refractivity contribution < 1.29 is 4.79 Å². The number of aryl methyl sites for hydroxylation is 1. The summed E-state index contributed by atoms with van der Waals surface area (Å²) in [6, 6.07) is 5.31. The Morgan fingerprint density at radius 1 is 1.35 bits per heavy atom. The fraction of sp³-hybridized carbons (Fsp3) is 0.312. The molecule has 6 nitrogen and oxygen atoms in total. The lowest BCUT2D eigenvalue weighted by atomic mass is 9.85. The third kappa shape index (κ3) is 2.92. The number of anilines is 2. The lowest BCUT2D eigenvalue weighted by molar-refractivity contribution is 0.262. The molecule has 3 aromatic rings. The number of H-pyrrole nitrogens is 1. The van der Waals surface area contributed by atoms with Crippen LogP contribution < -0.4 is 10.6 Å². The summed E-state index contributed by atoms with van der Waals surface area (Å²) in [5.41, 5.74) is 2.51. The van der Waals surface area contributed by atoms with Crippen LogP contribution in [-0.2, 0) is 0 Å². The molecule has 2 aromatic heterocycles. The number of nitrogens with one attached hydrogen (secondary N) is 3. The van der Waals surface area contributed by atoms with Gasteiger partial charge in [-0.3, -0.25) is 5.32 Å². The van der Waals surface area contributed by atoms with Crippen LogP contribution in [0.4, 0.5) is 15.6 Å². The predicted molar refractivity (Wildman–Crippen MR) is 92.2 cm³/mol. The summed E-state index contributed by atoms with van der Waals surface area (Å²) in [7, 11) is 0. The maximum atomic E-state index is 12.1. The lowest BCUT2D eigenvalue weighted by Crippen LogP contribution is -2.19. The van der Waals surface area contributed by atoms with E-state index in [2.05, 4.69) is 25.6 Å². The minimum Gasteiger partial charge on any atom is -0.342 e. The van der Waals surface area contributed by atoms with Crippen LogP contribution in [0.1, 0.15) is 35.9 Å². The SMILES string of the molecule is Cc1nc2ccc(NC(=O)Nc3ncc(C4CCC4)s3)cc2[nH]1. The molecule has 3 N–H and O–H groups in total. The highest BCUT2D eigenvalue weighted by atomic mass is 32.1. The van der Waals surface area contributed by atoms with Crippen molar-refractivity contribution in [3.63, 3.8) is 0 Å². The van der Waals surface area contributed by atoms with E-state index in [9.17, 15) is 4.79 Å². The maximum absolute atomic E-state index is 12.1. The molecule has 118 valence electrons.